The van der Waals surface area contributed by atoms with Crippen molar-refractivity contribution in [2.75, 3.05) is 31.6 Å². The number of carbonyl (C=O) groups is 1. The number of H-pyrrole nitrogens is 1. The summed E-state index contributed by atoms with van der Waals surface area (Å²) in [6.45, 7) is 6.38. The maximum Gasteiger partial charge on any atom is 0.326 e. The molecule has 0 saturated carbocycles. The average molecular weight is 481 g/mol. The van der Waals surface area contributed by atoms with Crippen LogP contribution in [-0.2, 0) is 19.6 Å². The van der Waals surface area contributed by atoms with Crippen molar-refractivity contribution < 1.29 is 4.79 Å². The van der Waals surface area contributed by atoms with Crippen LogP contribution >= 0.6 is 12.2 Å². The third-order valence-corrected chi connectivity index (χ3v) is 7.38. The van der Waals surface area contributed by atoms with Crippen molar-refractivity contribution in [3.63, 3.8) is 0 Å². The monoisotopic (exact) mass is 480 g/mol. The third kappa shape index (κ3) is 3.76. The molecule has 1 saturated heterocycles. The number of pyridine rings is 1. The van der Waals surface area contributed by atoms with E-state index in [1.165, 1.54) is 7.05 Å². The number of nitrogens with one attached hydrogen (secondary N) is 2. The Hall–Kier alpha value is -3.24. The highest BCUT2D eigenvalue weighted by Crippen LogP contribution is 2.28. The molecule has 1 fully saturated rings. The van der Waals surface area contributed by atoms with Crippen LogP contribution in [0.5, 0.6) is 0 Å². The Balaban J connectivity index is 1.35. The summed E-state index contributed by atoms with van der Waals surface area (Å²) in [5, 5.41) is 3.42. The molecule has 9 nitrogen and oxygen atoms in total. The number of amides is 1. The molecule has 0 aliphatic carbocycles. The van der Waals surface area contributed by atoms with Gasteiger partial charge in [-0.15, -0.1) is 0 Å². The molecule has 0 radical (unpaired) electrons. The summed E-state index contributed by atoms with van der Waals surface area (Å²) < 4.78 is 3.86. The molecule has 34 heavy (non-hydrogen) atoms. The Morgan fingerprint density at radius 3 is 2.76 bits per heavy atom. The molecule has 2 aliphatic rings. The number of hydrogen-bond donors (Lipinski definition) is 2. The van der Waals surface area contributed by atoms with E-state index in [9.17, 15) is 14.4 Å². The summed E-state index contributed by atoms with van der Waals surface area (Å²) in [7, 11) is 1.53. The van der Waals surface area contributed by atoms with E-state index in [0.717, 1.165) is 54.9 Å². The number of carbonyl (C=O) groups excluding carboxylic acids is 1. The van der Waals surface area contributed by atoms with Crippen molar-refractivity contribution in [3.8, 4) is 0 Å². The SMILES string of the molecule is CCn1c(=O)[nH]c2cc(CN3CCN4c5ccc(C(=O)NC)c(=O)n5CCC4C3)ccc2c1=S. The van der Waals surface area contributed by atoms with E-state index in [-0.39, 0.29) is 22.7 Å². The lowest BCUT2D eigenvalue weighted by molar-refractivity contribution is 0.0960. The molecule has 10 heteroatoms. The standard InChI is InChI=1S/C24H28N6O3S/c1-3-28-23(34)17-5-4-15(12-19(17)26-24(28)33)13-27-10-11-29-16(14-27)8-9-30-20(29)7-6-18(22(30)32)21(31)25-2/h4-7,12,16H,3,8-11,13-14H2,1-2H3,(H,25,31)(H,26,33). The highest BCUT2D eigenvalue weighted by Gasteiger charge is 2.33. The molecule has 178 valence electrons. The molecular weight excluding hydrogens is 452 g/mol. The van der Waals surface area contributed by atoms with E-state index in [1.807, 2.05) is 25.1 Å². The summed E-state index contributed by atoms with van der Waals surface area (Å²) in [5.41, 5.74) is 1.68. The minimum Gasteiger partial charge on any atom is -0.355 e. The zero-order chi connectivity index (χ0) is 24.0. The first-order valence-electron chi connectivity index (χ1n) is 11.6. The Kier molecular flexibility index (Phi) is 5.86. The number of benzene rings is 1. The zero-order valence-electron chi connectivity index (χ0n) is 19.3. The molecule has 2 aliphatic heterocycles. The number of aromatic nitrogens is 3. The first kappa shape index (κ1) is 22.5. The van der Waals surface area contributed by atoms with Gasteiger partial charge in [0.15, 0.2) is 0 Å². The van der Waals surface area contributed by atoms with Crippen LogP contribution in [0.1, 0.15) is 29.3 Å². The van der Waals surface area contributed by atoms with Gasteiger partial charge >= 0.3 is 5.69 Å². The molecule has 3 aromatic rings. The van der Waals surface area contributed by atoms with E-state index in [4.69, 9.17) is 12.2 Å². The van der Waals surface area contributed by atoms with Gasteiger partial charge in [-0.1, -0.05) is 18.3 Å². The predicted octanol–water partition coefficient (Wildman–Crippen LogP) is 1.69. The Bertz CT molecular complexity index is 1460. The third-order valence-electron chi connectivity index (χ3n) is 6.94. The quantitative estimate of drug-likeness (QED) is 0.552. The fraction of sp³-hybridized carbons (Fsp3) is 0.417. The van der Waals surface area contributed by atoms with Crippen LogP contribution in [0.3, 0.4) is 0 Å². The second-order valence-corrected chi connectivity index (χ2v) is 9.26. The highest BCUT2D eigenvalue weighted by atomic mass is 32.1. The lowest BCUT2D eigenvalue weighted by Crippen LogP contribution is -2.56. The topological polar surface area (TPSA) is 95.4 Å². The Labute approximate surface area is 201 Å². The zero-order valence-corrected chi connectivity index (χ0v) is 20.2. The number of fused-ring (bicyclic) bond motifs is 4. The van der Waals surface area contributed by atoms with Crippen LogP contribution < -0.4 is 21.5 Å². The van der Waals surface area contributed by atoms with Gasteiger partial charge in [-0.25, -0.2) is 4.79 Å². The molecule has 5 rings (SSSR count). The van der Waals surface area contributed by atoms with E-state index in [2.05, 4.69) is 26.2 Å². The lowest BCUT2D eigenvalue weighted by Gasteiger charge is -2.46. The summed E-state index contributed by atoms with van der Waals surface area (Å²) in [5.74, 6) is 0.538. The molecule has 1 aromatic carbocycles. The van der Waals surface area contributed by atoms with Crippen molar-refractivity contribution in [2.45, 2.75) is 39.0 Å². The van der Waals surface area contributed by atoms with Crippen molar-refractivity contribution in [2.24, 2.45) is 0 Å². The fourth-order valence-electron chi connectivity index (χ4n) is 5.18. The second kappa shape index (κ2) is 8.84. The average Bonchev–Trinajstić information content (AvgIpc) is 2.83. The van der Waals surface area contributed by atoms with Crippen LogP contribution in [0.4, 0.5) is 5.82 Å². The van der Waals surface area contributed by atoms with Crippen LogP contribution in [0.25, 0.3) is 10.9 Å². The Morgan fingerprint density at radius 1 is 1.18 bits per heavy atom. The summed E-state index contributed by atoms with van der Waals surface area (Å²) in [4.78, 5) is 44.8. The van der Waals surface area contributed by atoms with Gasteiger partial charge in [0, 0.05) is 57.7 Å². The number of rotatable bonds is 4. The largest absolute Gasteiger partial charge is 0.355 e. The number of anilines is 1. The maximum atomic E-state index is 12.8. The Morgan fingerprint density at radius 2 is 2.00 bits per heavy atom. The van der Waals surface area contributed by atoms with Crippen LogP contribution in [0.15, 0.2) is 39.9 Å². The minimum atomic E-state index is -0.350. The van der Waals surface area contributed by atoms with Gasteiger partial charge in [0.1, 0.15) is 16.0 Å². The normalized spacial score (nSPS) is 17.9. The van der Waals surface area contributed by atoms with Gasteiger partial charge in [-0.3, -0.25) is 23.6 Å². The molecule has 1 amide bonds. The van der Waals surface area contributed by atoms with E-state index in [1.54, 1.807) is 15.2 Å². The van der Waals surface area contributed by atoms with Gasteiger partial charge in [-0.05, 0) is 43.2 Å². The number of piperazine rings is 1. The first-order chi connectivity index (χ1) is 16.4. The molecule has 1 unspecified atom stereocenters. The van der Waals surface area contributed by atoms with Crippen molar-refractivity contribution in [3.05, 3.63) is 66.9 Å². The molecule has 2 aromatic heterocycles. The van der Waals surface area contributed by atoms with Crippen LogP contribution in [0, 0.1) is 4.64 Å². The lowest BCUT2D eigenvalue weighted by atomic mass is 10.0. The summed E-state index contributed by atoms with van der Waals surface area (Å²) >= 11 is 5.50. The summed E-state index contributed by atoms with van der Waals surface area (Å²) in [6, 6.07) is 9.93. The van der Waals surface area contributed by atoms with E-state index in [0.29, 0.717) is 23.8 Å². The van der Waals surface area contributed by atoms with Crippen molar-refractivity contribution in [1.29, 1.82) is 0 Å². The second-order valence-electron chi connectivity index (χ2n) is 8.87. The molecule has 1 atom stereocenters. The van der Waals surface area contributed by atoms with Gasteiger partial charge in [0.05, 0.1) is 5.52 Å². The molecule has 4 heterocycles. The van der Waals surface area contributed by atoms with Crippen LogP contribution in [0.2, 0.25) is 0 Å². The first-order valence-corrected chi connectivity index (χ1v) is 12.0. The smallest absolute Gasteiger partial charge is 0.326 e. The van der Waals surface area contributed by atoms with Crippen molar-refractivity contribution in [1.82, 2.24) is 24.3 Å². The van der Waals surface area contributed by atoms with Gasteiger partial charge in [0.25, 0.3) is 11.5 Å². The maximum absolute atomic E-state index is 12.8. The molecule has 2 N–H and O–H groups in total. The highest BCUT2D eigenvalue weighted by molar-refractivity contribution is 7.71. The number of nitrogens with zero attached hydrogens (tertiary/aromatic N) is 4. The molecule has 0 bridgehead atoms. The van der Waals surface area contributed by atoms with Gasteiger partial charge < -0.3 is 15.2 Å². The minimum absolute atomic E-state index is 0.179. The molecule has 0 spiro atoms. The van der Waals surface area contributed by atoms with Crippen LogP contribution in [-0.4, -0.2) is 57.6 Å². The number of hydrogen-bond acceptors (Lipinski definition) is 6. The number of aromatic amines is 1. The fourth-order valence-corrected chi connectivity index (χ4v) is 5.57. The van der Waals surface area contributed by atoms with Gasteiger partial charge in [-0.2, -0.15) is 0 Å². The predicted molar refractivity (Wildman–Crippen MR) is 134 cm³/mol. The van der Waals surface area contributed by atoms with Gasteiger partial charge in [0.2, 0.25) is 0 Å². The van der Waals surface area contributed by atoms with E-state index >= 15 is 0 Å². The molecular formula is C24H28N6O3S. The summed E-state index contributed by atoms with van der Waals surface area (Å²) in [6.07, 6.45) is 0.849. The van der Waals surface area contributed by atoms with E-state index < -0.39 is 0 Å². The van der Waals surface area contributed by atoms with Crippen molar-refractivity contribution >= 4 is 34.8 Å².